The van der Waals surface area contributed by atoms with Gasteiger partial charge >= 0.3 is 6.09 Å². The molecule has 1 N–H and O–H groups in total. The lowest BCUT2D eigenvalue weighted by atomic mass is 10.2. The Hall–Kier alpha value is -2.33. The van der Waals surface area contributed by atoms with Crippen molar-refractivity contribution in [3.05, 3.63) is 71.8 Å². The molecule has 2 aromatic rings. The quantitative estimate of drug-likeness (QED) is 0.848. The van der Waals surface area contributed by atoms with Crippen molar-refractivity contribution in [3.8, 4) is 0 Å². The first-order valence-electron chi connectivity index (χ1n) is 6.46. The van der Waals surface area contributed by atoms with E-state index in [0.29, 0.717) is 13.1 Å². The van der Waals surface area contributed by atoms with Crippen molar-refractivity contribution >= 4 is 6.09 Å². The van der Waals surface area contributed by atoms with Crippen LogP contribution in [0, 0.1) is 0 Å². The lowest BCUT2D eigenvalue weighted by molar-refractivity contribution is -0.00119. The molecule has 2 rings (SSSR count). The lowest BCUT2D eigenvalue weighted by Crippen LogP contribution is -2.42. The minimum Gasteiger partial charge on any atom is -0.464 e. The zero-order chi connectivity index (χ0) is 14.4. The van der Waals surface area contributed by atoms with Gasteiger partial charge in [-0.2, -0.15) is 0 Å². The molecule has 0 bridgehead atoms. The molecular formula is C16H18N2O2. The van der Waals surface area contributed by atoms with Crippen LogP contribution in [0.3, 0.4) is 0 Å². The van der Waals surface area contributed by atoms with Gasteiger partial charge in [0.1, 0.15) is 0 Å². The zero-order valence-electron chi connectivity index (χ0n) is 11.4. The second kappa shape index (κ2) is 6.73. The molecule has 0 fully saturated rings. The SMILES string of the molecule is CN(Cc1ccccc1)N(Cc1ccccc1)C(=O)O. The molecule has 20 heavy (non-hydrogen) atoms. The third kappa shape index (κ3) is 3.83. The molecule has 0 radical (unpaired) electrons. The molecule has 0 atom stereocenters. The Balaban J connectivity index is 2.06. The van der Waals surface area contributed by atoms with Gasteiger partial charge in [0.2, 0.25) is 0 Å². The molecule has 0 aromatic heterocycles. The van der Waals surface area contributed by atoms with Crippen LogP contribution in [0.2, 0.25) is 0 Å². The van der Waals surface area contributed by atoms with Crippen LogP contribution in [0.4, 0.5) is 4.79 Å². The lowest BCUT2D eigenvalue weighted by Gasteiger charge is -2.29. The molecule has 0 saturated heterocycles. The summed E-state index contributed by atoms with van der Waals surface area (Å²) in [5.74, 6) is 0. The van der Waals surface area contributed by atoms with Crippen LogP contribution in [-0.2, 0) is 13.1 Å². The average molecular weight is 270 g/mol. The summed E-state index contributed by atoms with van der Waals surface area (Å²) in [6.45, 7) is 0.902. The van der Waals surface area contributed by atoms with Crippen LogP contribution in [0.25, 0.3) is 0 Å². The van der Waals surface area contributed by atoms with Crippen molar-refractivity contribution in [2.24, 2.45) is 0 Å². The first-order valence-corrected chi connectivity index (χ1v) is 6.46. The van der Waals surface area contributed by atoms with Crippen LogP contribution in [-0.4, -0.2) is 28.3 Å². The standard InChI is InChI=1S/C16H18N2O2/c1-17(12-14-8-4-2-5-9-14)18(16(19)20)13-15-10-6-3-7-11-15/h2-11H,12-13H2,1H3,(H,19,20). The van der Waals surface area contributed by atoms with E-state index in [1.165, 1.54) is 5.01 Å². The van der Waals surface area contributed by atoms with E-state index in [-0.39, 0.29) is 0 Å². The molecule has 0 saturated carbocycles. The maximum absolute atomic E-state index is 11.4. The van der Waals surface area contributed by atoms with Gasteiger partial charge in [0, 0.05) is 13.6 Å². The third-order valence-electron chi connectivity index (χ3n) is 3.06. The highest BCUT2D eigenvalue weighted by Gasteiger charge is 2.17. The summed E-state index contributed by atoms with van der Waals surface area (Å²) >= 11 is 0. The molecule has 1 amide bonds. The van der Waals surface area contributed by atoms with Crippen LogP contribution >= 0.6 is 0 Å². The average Bonchev–Trinajstić information content (AvgIpc) is 2.46. The minimum absolute atomic E-state index is 0.347. The summed E-state index contributed by atoms with van der Waals surface area (Å²) < 4.78 is 0. The van der Waals surface area contributed by atoms with Crippen molar-refractivity contribution in [1.29, 1.82) is 0 Å². The Morgan fingerprint density at radius 3 is 1.80 bits per heavy atom. The monoisotopic (exact) mass is 270 g/mol. The smallest absolute Gasteiger partial charge is 0.422 e. The fourth-order valence-corrected chi connectivity index (χ4v) is 2.02. The van der Waals surface area contributed by atoms with Crippen LogP contribution in [0.5, 0.6) is 0 Å². The first-order chi connectivity index (χ1) is 9.66. The van der Waals surface area contributed by atoms with Crippen molar-refractivity contribution in [3.63, 3.8) is 0 Å². The summed E-state index contributed by atoms with van der Waals surface area (Å²) in [5, 5.41) is 12.4. The van der Waals surface area contributed by atoms with Gasteiger partial charge in [0.25, 0.3) is 0 Å². The van der Waals surface area contributed by atoms with Crippen molar-refractivity contribution in [2.75, 3.05) is 7.05 Å². The first kappa shape index (κ1) is 14.1. The molecule has 0 unspecified atom stereocenters. The number of carboxylic acid groups (broad SMARTS) is 1. The van der Waals surface area contributed by atoms with E-state index in [1.807, 2.05) is 60.7 Å². The fourth-order valence-electron chi connectivity index (χ4n) is 2.02. The maximum Gasteiger partial charge on any atom is 0.422 e. The number of rotatable bonds is 5. The van der Waals surface area contributed by atoms with Crippen molar-refractivity contribution in [2.45, 2.75) is 13.1 Å². The molecule has 0 aliphatic carbocycles. The van der Waals surface area contributed by atoms with Gasteiger partial charge in [-0.15, -0.1) is 0 Å². The van der Waals surface area contributed by atoms with E-state index in [2.05, 4.69) is 0 Å². The molecule has 2 aromatic carbocycles. The highest BCUT2D eigenvalue weighted by atomic mass is 16.4. The van der Waals surface area contributed by atoms with E-state index < -0.39 is 6.09 Å². The van der Waals surface area contributed by atoms with Gasteiger partial charge in [-0.3, -0.25) is 0 Å². The van der Waals surface area contributed by atoms with E-state index >= 15 is 0 Å². The number of carbonyl (C=O) groups is 1. The molecule has 104 valence electrons. The third-order valence-corrected chi connectivity index (χ3v) is 3.06. The Morgan fingerprint density at radius 2 is 1.35 bits per heavy atom. The minimum atomic E-state index is -0.952. The molecule has 0 aliphatic heterocycles. The number of hydrazine groups is 1. The summed E-state index contributed by atoms with van der Waals surface area (Å²) in [4.78, 5) is 11.4. The van der Waals surface area contributed by atoms with Gasteiger partial charge < -0.3 is 5.11 Å². The molecular weight excluding hydrogens is 252 g/mol. The topological polar surface area (TPSA) is 43.8 Å². The number of benzene rings is 2. The largest absolute Gasteiger partial charge is 0.464 e. The maximum atomic E-state index is 11.4. The Morgan fingerprint density at radius 1 is 0.900 bits per heavy atom. The summed E-state index contributed by atoms with van der Waals surface area (Å²) in [5.41, 5.74) is 2.05. The van der Waals surface area contributed by atoms with Gasteiger partial charge in [-0.25, -0.2) is 14.8 Å². The molecule has 0 heterocycles. The van der Waals surface area contributed by atoms with Crippen LogP contribution in [0.1, 0.15) is 11.1 Å². The predicted molar refractivity (Wildman–Crippen MR) is 77.9 cm³/mol. The number of hydrogen-bond donors (Lipinski definition) is 1. The number of amides is 1. The summed E-state index contributed by atoms with van der Waals surface area (Å²) in [7, 11) is 1.78. The number of hydrogen-bond acceptors (Lipinski definition) is 2. The fraction of sp³-hybridized carbons (Fsp3) is 0.188. The van der Waals surface area contributed by atoms with Gasteiger partial charge in [0.05, 0.1) is 6.54 Å². The van der Waals surface area contributed by atoms with E-state index in [0.717, 1.165) is 11.1 Å². The molecule has 4 nitrogen and oxygen atoms in total. The highest BCUT2D eigenvalue weighted by Crippen LogP contribution is 2.10. The Kier molecular flexibility index (Phi) is 4.74. The Labute approximate surface area is 118 Å². The van der Waals surface area contributed by atoms with E-state index in [9.17, 15) is 9.90 Å². The second-order valence-electron chi connectivity index (χ2n) is 4.63. The van der Waals surface area contributed by atoms with E-state index in [4.69, 9.17) is 0 Å². The molecule has 4 heteroatoms. The van der Waals surface area contributed by atoms with Gasteiger partial charge in [-0.05, 0) is 11.1 Å². The molecule has 0 aliphatic rings. The van der Waals surface area contributed by atoms with Gasteiger partial charge in [-0.1, -0.05) is 60.7 Å². The summed E-state index contributed by atoms with van der Waals surface area (Å²) in [6, 6.07) is 19.4. The molecule has 0 spiro atoms. The van der Waals surface area contributed by atoms with Gasteiger partial charge in [0.15, 0.2) is 0 Å². The van der Waals surface area contributed by atoms with Crippen LogP contribution < -0.4 is 0 Å². The normalized spacial score (nSPS) is 10.5. The zero-order valence-corrected chi connectivity index (χ0v) is 11.4. The van der Waals surface area contributed by atoms with Crippen molar-refractivity contribution in [1.82, 2.24) is 10.0 Å². The van der Waals surface area contributed by atoms with Crippen LogP contribution in [0.15, 0.2) is 60.7 Å². The highest BCUT2D eigenvalue weighted by molar-refractivity contribution is 5.64. The van der Waals surface area contributed by atoms with Crippen molar-refractivity contribution < 1.29 is 9.90 Å². The van der Waals surface area contributed by atoms with E-state index in [1.54, 1.807) is 12.1 Å². The second-order valence-corrected chi connectivity index (χ2v) is 4.63. The predicted octanol–water partition coefficient (Wildman–Crippen LogP) is 3.21. The number of nitrogens with zero attached hydrogens (tertiary/aromatic N) is 2. The summed E-state index contributed by atoms with van der Waals surface area (Å²) in [6.07, 6.45) is -0.952. The Bertz CT molecular complexity index is 543.